The van der Waals surface area contributed by atoms with Crippen molar-refractivity contribution in [2.24, 2.45) is 0 Å². The Bertz CT molecular complexity index is 1120. The van der Waals surface area contributed by atoms with Crippen LogP contribution in [-0.2, 0) is 16.3 Å². The minimum absolute atomic E-state index is 0.0512. The van der Waals surface area contributed by atoms with Crippen LogP contribution in [0.2, 0.25) is 4.34 Å². The van der Waals surface area contributed by atoms with E-state index < -0.39 is 9.84 Å². The van der Waals surface area contributed by atoms with Crippen molar-refractivity contribution in [2.45, 2.75) is 24.8 Å². The molecule has 0 spiro atoms. The summed E-state index contributed by atoms with van der Waals surface area (Å²) < 4.78 is 25.7. The molecule has 0 bridgehead atoms. The number of benzene rings is 1. The highest BCUT2D eigenvalue weighted by molar-refractivity contribution is 7.91. The van der Waals surface area contributed by atoms with Gasteiger partial charge in [-0.3, -0.25) is 4.79 Å². The van der Waals surface area contributed by atoms with Gasteiger partial charge >= 0.3 is 0 Å². The molecule has 154 valence electrons. The number of nitrogens with one attached hydrogen (secondary N) is 2. The van der Waals surface area contributed by atoms with Crippen LogP contribution in [0.15, 0.2) is 36.4 Å². The van der Waals surface area contributed by atoms with Crippen LogP contribution < -0.4 is 5.32 Å². The first-order chi connectivity index (χ1) is 13.9. The number of hydrogen-bond acceptors (Lipinski definition) is 5. The van der Waals surface area contributed by atoms with E-state index >= 15 is 0 Å². The number of thiophene rings is 1. The van der Waals surface area contributed by atoms with Crippen molar-refractivity contribution < 1.29 is 18.3 Å². The number of hydrogen-bond donors (Lipinski definition) is 3. The van der Waals surface area contributed by atoms with Gasteiger partial charge in [0.15, 0.2) is 9.84 Å². The van der Waals surface area contributed by atoms with E-state index in [1.165, 1.54) is 11.3 Å². The number of H-pyrrole nitrogens is 1. The number of aliphatic hydroxyl groups is 1. The molecule has 1 aliphatic rings. The van der Waals surface area contributed by atoms with Crippen LogP contribution in [0.3, 0.4) is 0 Å². The van der Waals surface area contributed by atoms with Gasteiger partial charge < -0.3 is 15.4 Å². The summed E-state index contributed by atoms with van der Waals surface area (Å²) in [5.41, 5.74) is 2.45. The first-order valence-corrected chi connectivity index (χ1v) is 12.4. The molecule has 2 aromatic heterocycles. The fourth-order valence-corrected chi connectivity index (χ4v) is 6.76. The highest BCUT2D eigenvalue weighted by Crippen LogP contribution is 2.35. The van der Waals surface area contributed by atoms with E-state index in [2.05, 4.69) is 10.3 Å². The van der Waals surface area contributed by atoms with E-state index in [-0.39, 0.29) is 42.4 Å². The highest BCUT2D eigenvalue weighted by atomic mass is 35.5. The average Bonchev–Trinajstić information content (AvgIpc) is 3.31. The van der Waals surface area contributed by atoms with Crippen LogP contribution in [0.5, 0.6) is 0 Å². The topological polar surface area (TPSA) is 99.3 Å². The maximum absolute atomic E-state index is 12.8. The lowest BCUT2D eigenvalue weighted by atomic mass is 10.0. The Balaban J connectivity index is 1.56. The molecule has 4 rings (SSSR count). The molecule has 3 N–H and O–H groups in total. The molecule has 2 atom stereocenters. The van der Waals surface area contributed by atoms with Crippen LogP contribution in [0.25, 0.3) is 10.2 Å². The Morgan fingerprint density at radius 1 is 1.31 bits per heavy atom. The molecule has 0 unspecified atom stereocenters. The van der Waals surface area contributed by atoms with E-state index in [9.17, 15) is 13.2 Å². The maximum atomic E-state index is 12.8. The molecule has 1 aliphatic carbocycles. The zero-order chi connectivity index (χ0) is 20.6. The Labute approximate surface area is 177 Å². The Morgan fingerprint density at radius 3 is 2.86 bits per heavy atom. The number of aromatic nitrogens is 1. The van der Waals surface area contributed by atoms with E-state index in [4.69, 9.17) is 16.7 Å². The van der Waals surface area contributed by atoms with E-state index in [1.807, 2.05) is 24.3 Å². The van der Waals surface area contributed by atoms with Gasteiger partial charge in [-0.05, 0) is 36.1 Å². The zero-order valence-corrected chi connectivity index (χ0v) is 17.9. The van der Waals surface area contributed by atoms with Gasteiger partial charge in [-0.1, -0.05) is 35.9 Å². The molecule has 1 aromatic carbocycles. The molecular formula is C20H21ClN2O4S2. The van der Waals surface area contributed by atoms with Crippen LogP contribution in [-0.4, -0.2) is 48.6 Å². The predicted molar refractivity (Wildman–Crippen MR) is 116 cm³/mol. The van der Waals surface area contributed by atoms with E-state index in [0.717, 1.165) is 21.3 Å². The van der Waals surface area contributed by atoms with Crippen molar-refractivity contribution in [3.05, 3.63) is 57.6 Å². The monoisotopic (exact) mass is 452 g/mol. The smallest absolute Gasteiger partial charge is 0.268 e. The number of fused-ring (bicyclic) bond motifs is 2. The number of amides is 1. The molecule has 3 aromatic rings. The second-order valence-corrected chi connectivity index (χ2v) is 11.2. The number of sulfone groups is 1. The van der Waals surface area contributed by atoms with Crippen LogP contribution in [0.4, 0.5) is 0 Å². The van der Waals surface area contributed by atoms with E-state index in [0.29, 0.717) is 16.5 Å². The van der Waals surface area contributed by atoms with Crippen molar-refractivity contribution in [1.29, 1.82) is 0 Å². The maximum Gasteiger partial charge on any atom is 0.268 e. The predicted octanol–water partition coefficient (Wildman–Crippen LogP) is 3.12. The number of aliphatic hydroxyl groups excluding tert-OH is 1. The summed E-state index contributed by atoms with van der Waals surface area (Å²) in [5.74, 6) is -0.689. The minimum Gasteiger partial charge on any atom is -0.396 e. The molecule has 0 fully saturated rings. The third kappa shape index (κ3) is 4.35. The van der Waals surface area contributed by atoms with Gasteiger partial charge in [-0.15, -0.1) is 11.3 Å². The fourth-order valence-electron chi connectivity index (χ4n) is 3.94. The summed E-state index contributed by atoms with van der Waals surface area (Å²) in [6.45, 7) is -0.158. The molecule has 0 radical (unpaired) electrons. The van der Waals surface area contributed by atoms with Crippen molar-refractivity contribution >= 4 is 48.9 Å². The number of halogens is 1. The quantitative estimate of drug-likeness (QED) is 0.512. The average molecular weight is 453 g/mol. The number of rotatable bonds is 7. The van der Waals surface area contributed by atoms with Gasteiger partial charge in [0.2, 0.25) is 0 Å². The third-order valence-corrected chi connectivity index (χ3v) is 8.24. The number of aromatic amines is 1. The van der Waals surface area contributed by atoms with Gasteiger partial charge in [0.25, 0.3) is 5.91 Å². The van der Waals surface area contributed by atoms with Gasteiger partial charge in [-0.25, -0.2) is 8.42 Å². The second-order valence-electron chi connectivity index (χ2n) is 7.30. The first kappa shape index (κ1) is 20.4. The number of carbonyl (C=O) groups excluding carboxylic acids is 1. The van der Waals surface area contributed by atoms with E-state index in [1.54, 1.807) is 12.1 Å². The summed E-state index contributed by atoms with van der Waals surface area (Å²) in [6.07, 6.45) is 0.804. The van der Waals surface area contributed by atoms with Crippen molar-refractivity contribution in [3.8, 4) is 0 Å². The van der Waals surface area contributed by atoms with Crippen molar-refractivity contribution in [3.63, 3.8) is 0 Å². The standard InChI is InChI=1S/C20H21ClN2O4S2/c21-18-10-13-9-17(23-20(13)28-18)19(25)22-16-8-12-4-1-2-5-14(12)15(16)11-29(26,27)7-3-6-24/h1-2,4-5,9-10,15-16,23-24H,3,6-8,11H2,(H,22,25)/t15-,16+/m0/s1. The lowest BCUT2D eigenvalue weighted by Gasteiger charge is -2.21. The summed E-state index contributed by atoms with van der Waals surface area (Å²) >= 11 is 7.36. The van der Waals surface area contributed by atoms with Crippen molar-refractivity contribution in [1.82, 2.24) is 10.3 Å². The molecular weight excluding hydrogens is 432 g/mol. The largest absolute Gasteiger partial charge is 0.396 e. The molecule has 0 saturated carbocycles. The SMILES string of the molecule is O=C(N[C@@H]1Cc2ccccc2[C@@H]1CS(=O)(=O)CCCO)c1cc2cc(Cl)sc2[nH]1. The second kappa shape index (κ2) is 8.10. The lowest BCUT2D eigenvalue weighted by molar-refractivity contribution is 0.0930. The van der Waals surface area contributed by atoms with Gasteiger partial charge in [0, 0.05) is 24.0 Å². The summed E-state index contributed by atoms with van der Waals surface area (Å²) in [7, 11) is -3.35. The Morgan fingerprint density at radius 2 is 2.10 bits per heavy atom. The third-order valence-electron chi connectivity index (χ3n) is 5.27. The Kier molecular flexibility index (Phi) is 5.70. The first-order valence-electron chi connectivity index (χ1n) is 9.34. The zero-order valence-electron chi connectivity index (χ0n) is 15.5. The molecule has 0 aliphatic heterocycles. The highest BCUT2D eigenvalue weighted by Gasteiger charge is 2.36. The molecule has 9 heteroatoms. The van der Waals surface area contributed by atoms with Gasteiger partial charge in [0.1, 0.15) is 10.5 Å². The number of carbonyl (C=O) groups is 1. The van der Waals surface area contributed by atoms with Crippen LogP contribution in [0, 0.1) is 0 Å². The lowest BCUT2D eigenvalue weighted by Crippen LogP contribution is -2.40. The fraction of sp³-hybridized carbons (Fsp3) is 0.350. The normalized spacial score (nSPS) is 18.8. The summed E-state index contributed by atoms with van der Waals surface area (Å²) in [6, 6.07) is 11.0. The van der Waals surface area contributed by atoms with Crippen molar-refractivity contribution in [2.75, 3.05) is 18.1 Å². The molecule has 29 heavy (non-hydrogen) atoms. The molecule has 0 saturated heterocycles. The Hall–Kier alpha value is -1.87. The minimum atomic E-state index is -3.35. The molecule has 2 heterocycles. The summed E-state index contributed by atoms with van der Waals surface area (Å²) in [4.78, 5) is 16.7. The molecule has 1 amide bonds. The van der Waals surface area contributed by atoms with Crippen LogP contribution >= 0.6 is 22.9 Å². The van der Waals surface area contributed by atoms with Gasteiger partial charge in [-0.2, -0.15) is 0 Å². The van der Waals surface area contributed by atoms with Gasteiger partial charge in [0.05, 0.1) is 15.8 Å². The van der Waals surface area contributed by atoms with Crippen LogP contribution in [0.1, 0.15) is 34.0 Å². The molecule has 6 nitrogen and oxygen atoms in total. The summed E-state index contributed by atoms with van der Waals surface area (Å²) in [5, 5.41) is 12.9.